The minimum atomic E-state index is 0.774. The van der Waals surface area contributed by atoms with E-state index in [1.54, 1.807) is 7.11 Å². The van der Waals surface area contributed by atoms with Crippen molar-refractivity contribution in [1.29, 1.82) is 0 Å². The van der Waals surface area contributed by atoms with Crippen LogP contribution in [0.4, 0.5) is 0 Å². The van der Waals surface area contributed by atoms with Crippen LogP contribution in [0.2, 0.25) is 0 Å². The summed E-state index contributed by atoms with van der Waals surface area (Å²) in [6.45, 7) is 9.04. The zero-order chi connectivity index (χ0) is 13.8. The Morgan fingerprint density at radius 3 is 2.68 bits per heavy atom. The first-order valence-electron chi connectivity index (χ1n) is 7.54. The van der Waals surface area contributed by atoms with E-state index in [0.717, 1.165) is 18.3 Å². The van der Waals surface area contributed by atoms with Crippen molar-refractivity contribution in [2.45, 2.75) is 59.0 Å². The molecule has 19 heavy (non-hydrogen) atoms. The van der Waals surface area contributed by atoms with Crippen LogP contribution in [0.25, 0.3) is 0 Å². The van der Waals surface area contributed by atoms with Crippen molar-refractivity contribution >= 4 is 0 Å². The molecule has 1 heterocycles. The zero-order valence-electron chi connectivity index (χ0n) is 12.8. The summed E-state index contributed by atoms with van der Waals surface area (Å²) in [6.07, 6.45) is 5.39. The van der Waals surface area contributed by atoms with E-state index >= 15 is 0 Å². The Bertz CT molecular complexity index is 428. The maximum atomic E-state index is 5.40. The van der Waals surface area contributed by atoms with Crippen molar-refractivity contribution in [2.24, 2.45) is 0 Å². The van der Waals surface area contributed by atoms with Crippen LogP contribution in [-0.2, 0) is 6.54 Å². The highest BCUT2D eigenvalue weighted by atomic mass is 16.5. The van der Waals surface area contributed by atoms with Gasteiger partial charge in [-0.1, -0.05) is 19.4 Å². The molecule has 0 radical (unpaired) electrons. The second kappa shape index (κ2) is 6.42. The molecule has 2 heteroatoms. The monoisotopic (exact) mass is 261 g/mol. The number of benzene rings is 1. The molecule has 106 valence electrons. The van der Waals surface area contributed by atoms with Crippen LogP contribution in [0.1, 0.15) is 49.3 Å². The van der Waals surface area contributed by atoms with Crippen LogP contribution in [0.15, 0.2) is 12.1 Å². The molecule has 2 rings (SSSR count). The number of hydrogen-bond acceptors (Lipinski definition) is 2. The molecule has 0 amide bonds. The Balaban J connectivity index is 2.16. The lowest BCUT2D eigenvalue weighted by Crippen LogP contribution is -2.38. The Morgan fingerprint density at radius 1 is 1.21 bits per heavy atom. The molecule has 0 saturated carbocycles. The lowest BCUT2D eigenvalue weighted by Gasteiger charge is -2.35. The first-order valence-corrected chi connectivity index (χ1v) is 7.54. The van der Waals surface area contributed by atoms with Crippen LogP contribution in [0, 0.1) is 13.8 Å². The third kappa shape index (κ3) is 3.11. The standard InChI is InChI=1S/C17H27NO/c1-5-16-8-6-7-11-18(16)12-15-9-10-17(19-4)14(3)13(15)2/h9-10,16H,5-8,11-12H2,1-4H3/t16-/m1/s1. The summed E-state index contributed by atoms with van der Waals surface area (Å²) in [5.74, 6) is 1.01. The fraction of sp³-hybridized carbons (Fsp3) is 0.647. The maximum absolute atomic E-state index is 5.40. The van der Waals surface area contributed by atoms with E-state index in [1.807, 2.05) is 0 Å². The molecule has 0 bridgehead atoms. The van der Waals surface area contributed by atoms with Gasteiger partial charge in [-0.05, 0) is 62.4 Å². The summed E-state index contributed by atoms with van der Waals surface area (Å²) in [5, 5.41) is 0. The van der Waals surface area contributed by atoms with E-state index < -0.39 is 0 Å². The number of likely N-dealkylation sites (tertiary alicyclic amines) is 1. The molecule has 1 aliphatic rings. The van der Waals surface area contributed by atoms with Gasteiger partial charge in [0, 0.05) is 12.6 Å². The number of methoxy groups -OCH3 is 1. The number of nitrogens with zero attached hydrogens (tertiary/aromatic N) is 1. The fourth-order valence-electron chi connectivity index (χ4n) is 3.19. The Hall–Kier alpha value is -1.02. The predicted octanol–water partition coefficient (Wildman–Crippen LogP) is 4.08. The third-order valence-electron chi connectivity index (χ3n) is 4.66. The SMILES string of the molecule is CC[C@@H]1CCCCN1Cc1ccc(OC)c(C)c1C. The lowest BCUT2D eigenvalue weighted by molar-refractivity contribution is 0.136. The summed E-state index contributed by atoms with van der Waals surface area (Å²) >= 11 is 0. The van der Waals surface area contributed by atoms with E-state index in [1.165, 1.54) is 48.9 Å². The van der Waals surface area contributed by atoms with Crippen LogP contribution in [-0.4, -0.2) is 24.6 Å². The number of hydrogen-bond donors (Lipinski definition) is 0. The topological polar surface area (TPSA) is 12.5 Å². The van der Waals surface area contributed by atoms with E-state index in [2.05, 4.69) is 37.8 Å². The van der Waals surface area contributed by atoms with Crippen molar-refractivity contribution in [1.82, 2.24) is 4.90 Å². The Labute approximate surface area is 117 Å². The maximum Gasteiger partial charge on any atom is 0.122 e. The van der Waals surface area contributed by atoms with Gasteiger partial charge < -0.3 is 4.74 Å². The highest BCUT2D eigenvalue weighted by Gasteiger charge is 2.21. The molecule has 0 unspecified atom stereocenters. The average molecular weight is 261 g/mol. The average Bonchev–Trinajstić information content (AvgIpc) is 2.45. The first kappa shape index (κ1) is 14.4. The van der Waals surface area contributed by atoms with Crippen LogP contribution >= 0.6 is 0 Å². The van der Waals surface area contributed by atoms with E-state index in [9.17, 15) is 0 Å². The summed E-state index contributed by atoms with van der Waals surface area (Å²) in [6, 6.07) is 5.13. The summed E-state index contributed by atoms with van der Waals surface area (Å²) in [7, 11) is 1.75. The van der Waals surface area contributed by atoms with Crippen molar-refractivity contribution in [3.05, 3.63) is 28.8 Å². The minimum absolute atomic E-state index is 0.774. The quantitative estimate of drug-likeness (QED) is 0.810. The third-order valence-corrected chi connectivity index (χ3v) is 4.66. The zero-order valence-corrected chi connectivity index (χ0v) is 12.8. The van der Waals surface area contributed by atoms with Gasteiger partial charge in [0.25, 0.3) is 0 Å². The molecule has 2 nitrogen and oxygen atoms in total. The molecule has 1 saturated heterocycles. The lowest BCUT2D eigenvalue weighted by atomic mass is 9.97. The van der Waals surface area contributed by atoms with Crippen molar-refractivity contribution in [3.63, 3.8) is 0 Å². The molecule has 0 N–H and O–H groups in total. The van der Waals surface area contributed by atoms with Gasteiger partial charge in [-0.2, -0.15) is 0 Å². The molecule has 0 aromatic heterocycles. The van der Waals surface area contributed by atoms with Crippen LogP contribution in [0.3, 0.4) is 0 Å². The smallest absolute Gasteiger partial charge is 0.122 e. The molecular formula is C17H27NO. The summed E-state index contributed by atoms with van der Waals surface area (Å²) in [4.78, 5) is 2.66. The minimum Gasteiger partial charge on any atom is -0.496 e. The van der Waals surface area contributed by atoms with Gasteiger partial charge >= 0.3 is 0 Å². The fourth-order valence-corrected chi connectivity index (χ4v) is 3.19. The molecule has 1 atom stereocenters. The molecule has 0 aliphatic carbocycles. The summed E-state index contributed by atoms with van der Waals surface area (Å²) < 4.78 is 5.40. The van der Waals surface area contributed by atoms with Crippen LogP contribution in [0.5, 0.6) is 5.75 Å². The van der Waals surface area contributed by atoms with Gasteiger partial charge in [0.05, 0.1) is 7.11 Å². The Kier molecular flexibility index (Phi) is 4.87. The van der Waals surface area contributed by atoms with Gasteiger partial charge in [0.2, 0.25) is 0 Å². The van der Waals surface area contributed by atoms with Crippen molar-refractivity contribution < 1.29 is 4.74 Å². The number of ether oxygens (including phenoxy) is 1. The molecule has 1 aromatic rings. The van der Waals surface area contributed by atoms with E-state index in [0.29, 0.717) is 0 Å². The molecule has 1 aliphatic heterocycles. The van der Waals surface area contributed by atoms with Gasteiger partial charge in [0.15, 0.2) is 0 Å². The molecule has 1 aromatic carbocycles. The summed E-state index contributed by atoms with van der Waals surface area (Å²) in [5.41, 5.74) is 4.13. The van der Waals surface area contributed by atoms with Crippen molar-refractivity contribution in [3.8, 4) is 5.75 Å². The molecule has 0 spiro atoms. The number of rotatable bonds is 4. The predicted molar refractivity (Wildman–Crippen MR) is 80.8 cm³/mol. The van der Waals surface area contributed by atoms with Gasteiger partial charge in [-0.25, -0.2) is 0 Å². The van der Waals surface area contributed by atoms with E-state index in [4.69, 9.17) is 4.74 Å². The van der Waals surface area contributed by atoms with Gasteiger partial charge in [0.1, 0.15) is 5.75 Å². The van der Waals surface area contributed by atoms with Crippen molar-refractivity contribution in [2.75, 3.05) is 13.7 Å². The highest BCUT2D eigenvalue weighted by molar-refractivity contribution is 5.43. The first-order chi connectivity index (χ1) is 9.17. The normalized spacial score (nSPS) is 20.5. The van der Waals surface area contributed by atoms with Crippen LogP contribution < -0.4 is 4.74 Å². The molecule has 1 fully saturated rings. The van der Waals surface area contributed by atoms with E-state index in [-0.39, 0.29) is 0 Å². The van der Waals surface area contributed by atoms with Gasteiger partial charge in [-0.15, -0.1) is 0 Å². The highest BCUT2D eigenvalue weighted by Crippen LogP contribution is 2.27. The number of piperidine rings is 1. The Morgan fingerprint density at radius 2 is 2.00 bits per heavy atom. The second-order valence-electron chi connectivity index (χ2n) is 5.71. The van der Waals surface area contributed by atoms with Gasteiger partial charge in [-0.3, -0.25) is 4.90 Å². The largest absolute Gasteiger partial charge is 0.496 e. The second-order valence-corrected chi connectivity index (χ2v) is 5.71. The molecular weight excluding hydrogens is 234 g/mol.